The SMILES string of the molecule is O=C1[C@@H]2[C@H](C(=O)N1N=Cc1cc(Cl)c(OCc3ccc(F)cc3)c(Cl)c1)[C@H]1C=C[C@H]2C1. The topological polar surface area (TPSA) is 59.0 Å². The van der Waals surface area contributed by atoms with Gasteiger partial charge < -0.3 is 4.74 Å². The van der Waals surface area contributed by atoms with Crippen molar-refractivity contribution in [2.24, 2.45) is 28.8 Å². The number of amides is 2. The van der Waals surface area contributed by atoms with Crippen molar-refractivity contribution in [2.45, 2.75) is 13.0 Å². The van der Waals surface area contributed by atoms with Gasteiger partial charge >= 0.3 is 0 Å². The van der Waals surface area contributed by atoms with Gasteiger partial charge in [0, 0.05) is 0 Å². The zero-order valence-corrected chi connectivity index (χ0v) is 17.7. The van der Waals surface area contributed by atoms with Crippen LogP contribution in [0.5, 0.6) is 5.75 Å². The van der Waals surface area contributed by atoms with Gasteiger partial charge in [-0.2, -0.15) is 10.1 Å². The lowest BCUT2D eigenvalue weighted by Gasteiger charge is -2.13. The highest BCUT2D eigenvalue weighted by Gasteiger charge is 2.59. The van der Waals surface area contributed by atoms with Crippen molar-refractivity contribution in [1.29, 1.82) is 0 Å². The molecular weight excluding hydrogens is 442 g/mol. The minimum absolute atomic E-state index is 0.132. The second-order valence-electron chi connectivity index (χ2n) is 7.96. The summed E-state index contributed by atoms with van der Waals surface area (Å²) in [7, 11) is 0. The highest BCUT2D eigenvalue weighted by molar-refractivity contribution is 6.37. The molecule has 2 amide bonds. The summed E-state index contributed by atoms with van der Waals surface area (Å²) in [5.41, 5.74) is 1.29. The molecule has 4 atom stereocenters. The number of carbonyl (C=O) groups excluding carboxylic acids is 2. The Kier molecular flexibility index (Phi) is 5.07. The van der Waals surface area contributed by atoms with Crippen molar-refractivity contribution in [3.63, 3.8) is 0 Å². The van der Waals surface area contributed by atoms with Gasteiger partial charge in [0.25, 0.3) is 11.8 Å². The average Bonchev–Trinajstić information content (AvgIpc) is 3.42. The normalized spacial score (nSPS) is 26.4. The van der Waals surface area contributed by atoms with E-state index in [1.54, 1.807) is 24.3 Å². The third-order valence-corrected chi connectivity index (χ3v) is 6.65. The number of halogens is 3. The first-order valence-corrected chi connectivity index (χ1v) is 10.6. The van der Waals surface area contributed by atoms with Crippen molar-refractivity contribution in [3.05, 3.63) is 75.5 Å². The molecule has 31 heavy (non-hydrogen) atoms. The van der Waals surface area contributed by atoms with Crippen LogP contribution in [0.3, 0.4) is 0 Å². The summed E-state index contributed by atoms with van der Waals surface area (Å²) in [5.74, 6) is -0.871. The molecule has 2 aromatic rings. The van der Waals surface area contributed by atoms with Crippen LogP contribution in [0, 0.1) is 29.5 Å². The second-order valence-corrected chi connectivity index (χ2v) is 8.78. The number of fused-ring (bicyclic) bond motifs is 5. The van der Waals surface area contributed by atoms with Crippen molar-refractivity contribution in [1.82, 2.24) is 5.01 Å². The molecule has 2 fully saturated rings. The number of allylic oxidation sites excluding steroid dienone is 2. The molecule has 2 aromatic carbocycles. The first-order chi connectivity index (χ1) is 14.9. The summed E-state index contributed by atoms with van der Waals surface area (Å²) in [4.78, 5) is 25.4. The molecule has 5 nitrogen and oxygen atoms in total. The standard InChI is InChI=1S/C23H17Cl2FN2O3/c24-17-7-13(8-18(25)21(17)31-11-12-1-5-16(26)6-2-12)10-27-28-22(29)19-14-3-4-15(9-14)20(19)23(28)30/h1-8,10,14-15,19-20H,9,11H2/t14-,15-,19-,20+/m0/s1. The lowest BCUT2D eigenvalue weighted by atomic mass is 9.85. The number of benzene rings is 2. The van der Waals surface area contributed by atoms with Gasteiger partial charge in [0.15, 0.2) is 5.75 Å². The zero-order valence-electron chi connectivity index (χ0n) is 16.2. The van der Waals surface area contributed by atoms with Crippen LogP contribution in [-0.4, -0.2) is 23.0 Å². The highest BCUT2D eigenvalue weighted by Crippen LogP contribution is 2.52. The van der Waals surface area contributed by atoms with Gasteiger partial charge in [-0.3, -0.25) is 9.59 Å². The zero-order chi connectivity index (χ0) is 21.7. The second kappa shape index (κ2) is 7.77. The molecule has 2 aliphatic carbocycles. The minimum atomic E-state index is -0.328. The monoisotopic (exact) mass is 458 g/mol. The molecule has 0 N–H and O–H groups in total. The average molecular weight is 459 g/mol. The summed E-state index contributed by atoms with van der Waals surface area (Å²) >= 11 is 12.6. The molecule has 8 heteroatoms. The summed E-state index contributed by atoms with van der Waals surface area (Å²) < 4.78 is 18.7. The predicted molar refractivity (Wildman–Crippen MR) is 114 cm³/mol. The highest BCUT2D eigenvalue weighted by atomic mass is 35.5. The number of hydrazone groups is 1. The van der Waals surface area contributed by atoms with Crippen molar-refractivity contribution in [2.75, 3.05) is 0 Å². The first-order valence-electron chi connectivity index (χ1n) is 9.89. The molecule has 0 unspecified atom stereocenters. The number of hydrogen-bond donors (Lipinski definition) is 0. The maximum Gasteiger partial charge on any atom is 0.254 e. The van der Waals surface area contributed by atoms with E-state index in [0.29, 0.717) is 5.56 Å². The van der Waals surface area contributed by atoms with Gasteiger partial charge in [-0.15, -0.1) is 0 Å². The van der Waals surface area contributed by atoms with Gasteiger partial charge in [0.2, 0.25) is 0 Å². The molecule has 3 aliphatic rings. The minimum Gasteiger partial charge on any atom is -0.486 e. The molecule has 1 heterocycles. The van der Waals surface area contributed by atoms with Crippen LogP contribution in [0.4, 0.5) is 4.39 Å². The number of imide groups is 1. The van der Waals surface area contributed by atoms with E-state index in [1.165, 1.54) is 18.3 Å². The fraction of sp³-hybridized carbons (Fsp3) is 0.261. The molecule has 0 spiro atoms. The largest absolute Gasteiger partial charge is 0.486 e. The van der Waals surface area contributed by atoms with Crippen LogP contribution in [0.1, 0.15) is 17.5 Å². The van der Waals surface area contributed by atoms with E-state index < -0.39 is 0 Å². The lowest BCUT2D eigenvalue weighted by molar-refractivity contribution is -0.140. The van der Waals surface area contributed by atoms with E-state index in [2.05, 4.69) is 5.10 Å². The predicted octanol–water partition coefficient (Wildman–Crippen LogP) is 4.85. The first kappa shape index (κ1) is 20.2. The fourth-order valence-electron chi connectivity index (χ4n) is 4.65. The third-order valence-electron chi connectivity index (χ3n) is 6.09. The number of hydrogen-bond acceptors (Lipinski definition) is 4. The number of nitrogens with zero attached hydrogens (tertiary/aromatic N) is 2. The summed E-state index contributed by atoms with van der Waals surface area (Å²) in [6, 6.07) is 9.09. The molecule has 5 rings (SSSR count). The Balaban J connectivity index is 1.30. The molecule has 2 bridgehead atoms. The van der Waals surface area contributed by atoms with Crippen LogP contribution in [-0.2, 0) is 16.2 Å². The van der Waals surface area contributed by atoms with Crippen molar-refractivity contribution >= 4 is 41.2 Å². The molecule has 0 aromatic heterocycles. The van der Waals surface area contributed by atoms with Gasteiger partial charge in [-0.25, -0.2) is 4.39 Å². The summed E-state index contributed by atoms with van der Waals surface area (Å²) in [6.07, 6.45) is 6.34. The Morgan fingerprint density at radius 2 is 1.61 bits per heavy atom. The van der Waals surface area contributed by atoms with Gasteiger partial charge in [-0.1, -0.05) is 47.5 Å². The smallest absolute Gasteiger partial charge is 0.254 e. The van der Waals surface area contributed by atoms with E-state index in [9.17, 15) is 14.0 Å². The van der Waals surface area contributed by atoms with Gasteiger partial charge in [-0.05, 0) is 53.6 Å². The summed E-state index contributed by atoms with van der Waals surface area (Å²) in [5, 5.41) is 5.63. The van der Waals surface area contributed by atoms with Crippen molar-refractivity contribution in [3.8, 4) is 5.75 Å². The third kappa shape index (κ3) is 3.54. The Morgan fingerprint density at radius 3 is 2.19 bits per heavy atom. The van der Waals surface area contributed by atoms with E-state index in [4.69, 9.17) is 27.9 Å². The Morgan fingerprint density at radius 1 is 1.03 bits per heavy atom. The maximum atomic E-state index is 13.0. The van der Waals surface area contributed by atoms with E-state index in [-0.39, 0.29) is 63.7 Å². The molecule has 1 saturated carbocycles. The number of ether oxygens (including phenoxy) is 1. The lowest BCUT2D eigenvalue weighted by Crippen LogP contribution is -2.28. The van der Waals surface area contributed by atoms with Crippen LogP contribution in [0.2, 0.25) is 10.0 Å². The maximum absolute atomic E-state index is 13.0. The quantitative estimate of drug-likeness (QED) is 0.365. The fourth-order valence-corrected chi connectivity index (χ4v) is 5.27. The number of carbonyl (C=O) groups is 2. The van der Waals surface area contributed by atoms with Crippen LogP contribution in [0.15, 0.2) is 53.7 Å². The van der Waals surface area contributed by atoms with Crippen LogP contribution < -0.4 is 4.74 Å². The molecule has 1 saturated heterocycles. The van der Waals surface area contributed by atoms with Gasteiger partial charge in [0.05, 0.1) is 28.1 Å². The van der Waals surface area contributed by atoms with E-state index in [1.807, 2.05) is 12.2 Å². The molecule has 158 valence electrons. The molecule has 0 radical (unpaired) electrons. The molecular formula is C23H17Cl2FN2O3. The van der Waals surface area contributed by atoms with E-state index >= 15 is 0 Å². The van der Waals surface area contributed by atoms with E-state index in [0.717, 1.165) is 17.0 Å². The number of rotatable bonds is 5. The van der Waals surface area contributed by atoms with Gasteiger partial charge in [0.1, 0.15) is 12.4 Å². The van der Waals surface area contributed by atoms with Crippen LogP contribution in [0.25, 0.3) is 0 Å². The Bertz CT molecular complexity index is 1080. The molecule has 1 aliphatic heterocycles. The Labute approximate surface area is 188 Å². The van der Waals surface area contributed by atoms with Crippen LogP contribution >= 0.6 is 23.2 Å². The summed E-state index contributed by atoms with van der Waals surface area (Å²) in [6.45, 7) is 0.170. The van der Waals surface area contributed by atoms with Crippen molar-refractivity contribution < 1.29 is 18.7 Å². The Hall–Kier alpha value is -2.70.